The van der Waals surface area contributed by atoms with Crippen LogP contribution in [0.4, 0.5) is 0 Å². The molecule has 19 heavy (non-hydrogen) atoms. The summed E-state index contributed by atoms with van der Waals surface area (Å²) in [6, 6.07) is 7.76. The van der Waals surface area contributed by atoms with Gasteiger partial charge in [0.15, 0.2) is 0 Å². The molecule has 1 atom stereocenters. The van der Waals surface area contributed by atoms with Gasteiger partial charge in [-0.2, -0.15) is 0 Å². The van der Waals surface area contributed by atoms with Crippen LogP contribution in [0.1, 0.15) is 39.3 Å². The van der Waals surface area contributed by atoms with Crippen LogP contribution in [0.15, 0.2) is 24.3 Å². The monoisotopic (exact) mass is 264 g/mol. The van der Waals surface area contributed by atoms with E-state index in [1.54, 1.807) is 7.05 Å². The van der Waals surface area contributed by atoms with Gasteiger partial charge in [0.2, 0.25) is 5.91 Å². The Balaban J connectivity index is 2.68. The van der Waals surface area contributed by atoms with Gasteiger partial charge >= 0.3 is 0 Å². The molecule has 1 aromatic rings. The zero-order valence-corrected chi connectivity index (χ0v) is 12.4. The highest BCUT2D eigenvalue weighted by molar-refractivity contribution is 5.85. The molecule has 0 bridgehead atoms. The fraction of sp³-hybridized carbons (Fsp3) is 0.533. The van der Waals surface area contributed by atoms with Crippen LogP contribution in [-0.2, 0) is 4.79 Å². The first-order valence-electron chi connectivity index (χ1n) is 6.63. The van der Waals surface area contributed by atoms with Crippen molar-refractivity contribution in [3.8, 4) is 5.75 Å². The van der Waals surface area contributed by atoms with Crippen molar-refractivity contribution in [2.75, 3.05) is 13.7 Å². The predicted molar refractivity (Wildman–Crippen MR) is 77.3 cm³/mol. The number of carbonyl (C=O) groups is 1. The number of ether oxygens (including phenoxy) is 1. The van der Waals surface area contributed by atoms with E-state index in [1.165, 1.54) is 0 Å². The molecular weight excluding hydrogens is 240 g/mol. The van der Waals surface area contributed by atoms with Crippen molar-refractivity contribution in [1.82, 2.24) is 10.6 Å². The molecular formula is C15H24N2O2. The quantitative estimate of drug-likeness (QED) is 0.828. The van der Waals surface area contributed by atoms with Crippen molar-refractivity contribution in [3.63, 3.8) is 0 Å². The van der Waals surface area contributed by atoms with Gasteiger partial charge in [-0.1, -0.05) is 12.1 Å². The summed E-state index contributed by atoms with van der Waals surface area (Å²) in [6.07, 6.45) is 0. The lowest BCUT2D eigenvalue weighted by molar-refractivity contribution is -0.126. The average Bonchev–Trinajstić information content (AvgIpc) is 2.39. The molecule has 0 radical (unpaired) electrons. The Hall–Kier alpha value is -1.55. The van der Waals surface area contributed by atoms with Gasteiger partial charge in [0.05, 0.1) is 18.2 Å². The molecule has 0 aliphatic rings. The van der Waals surface area contributed by atoms with Crippen LogP contribution in [0.2, 0.25) is 0 Å². The molecule has 106 valence electrons. The van der Waals surface area contributed by atoms with Crippen LogP contribution in [0, 0.1) is 0 Å². The molecule has 1 amide bonds. The molecule has 0 heterocycles. The molecule has 2 N–H and O–H groups in total. The first kappa shape index (κ1) is 15.5. The molecule has 0 saturated carbocycles. The minimum atomic E-state index is -0.570. The van der Waals surface area contributed by atoms with E-state index in [0.717, 1.165) is 11.3 Å². The van der Waals surface area contributed by atoms with Crippen molar-refractivity contribution in [2.24, 2.45) is 0 Å². The molecule has 0 aliphatic heterocycles. The molecule has 0 aliphatic carbocycles. The van der Waals surface area contributed by atoms with E-state index in [1.807, 2.05) is 52.0 Å². The highest BCUT2D eigenvalue weighted by Gasteiger charge is 2.26. The fourth-order valence-electron chi connectivity index (χ4n) is 1.59. The van der Waals surface area contributed by atoms with Gasteiger partial charge < -0.3 is 15.4 Å². The predicted octanol–water partition coefficient (Wildman–Crippen LogP) is 2.26. The molecule has 4 nitrogen and oxygen atoms in total. The first-order valence-corrected chi connectivity index (χ1v) is 6.63. The second kappa shape index (κ2) is 6.57. The van der Waals surface area contributed by atoms with Gasteiger partial charge in [-0.25, -0.2) is 0 Å². The van der Waals surface area contributed by atoms with Crippen LogP contribution in [0.3, 0.4) is 0 Å². The van der Waals surface area contributed by atoms with Crippen LogP contribution < -0.4 is 15.4 Å². The van der Waals surface area contributed by atoms with Crippen molar-refractivity contribution in [3.05, 3.63) is 29.8 Å². The van der Waals surface area contributed by atoms with Gasteiger partial charge in [-0.3, -0.25) is 4.79 Å². The maximum absolute atomic E-state index is 12.1. The summed E-state index contributed by atoms with van der Waals surface area (Å²) in [5.74, 6) is 0.830. The maximum Gasteiger partial charge on any atom is 0.240 e. The Morgan fingerprint density at radius 3 is 2.37 bits per heavy atom. The number of benzene rings is 1. The number of hydrogen-bond donors (Lipinski definition) is 2. The Morgan fingerprint density at radius 1 is 1.32 bits per heavy atom. The maximum atomic E-state index is 12.1. The summed E-state index contributed by atoms with van der Waals surface area (Å²) in [5, 5.41) is 5.99. The summed E-state index contributed by atoms with van der Waals surface area (Å²) in [5.41, 5.74) is 0.489. The third-order valence-electron chi connectivity index (χ3n) is 3.23. The van der Waals surface area contributed by atoms with Gasteiger partial charge in [-0.15, -0.1) is 0 Å². The van der Waals surface area contributed by atoms with E-state index >= 15 is 0 Å². The Kier molecular flexibility index (Phi) is 5.36. The van der Waals surface area contributed by atoms with Crippen molar-refractivity contribution >= 4 is 5.91 Å². The van der Waals surface area contributed by atoms with Crippen molar-refractivity contribution in [2.45, 2.75) is 39.3 Å². The summed E-state index contributed by atoms with van der Waals surface area (Å²) in [6.45, 7) is 8.29. The standard InChI is InChI=1S/C15H24N2O2/c1-6-19-13-9-7-12(8-10-13)11(2)17-14(18)15(3,4)16-5/h7-11,16H,6H2,1-5H3,(H,17,18). The summed E-state index contributed by atoms with van der Waals surface area (Å²) < 4.78 is 5.40. The Morgan fingerprint density at radius 2 is 1.89 bits per heavy atom. The summed E-state index contributed by atoms with van der Waals surface area (Å²) >= 11 is 0. The summed E-state index contributed by atoms with van der Waals surface area (Å²) in [4.78, 5) is 12.1. The number of amides is 1. The second-order valence-electron chi connectivity index (χ2n) is 5.07. The van der Waals surface area contributed by atoms with Crippen molar-refractivity contribution in [1.29, 1.82) is 0 Å². The lowest BCUT2D eigenvalue weighted by atomic mass is 10.0. The van der Waals surface area contributed by atoms with Crippen LogP contribution >= 0.6 is 0 Å². The average molecular weight is 264 g/mol. The van der Waals surface area contributed by atoms with E-state index in [4.69, 9.17) is 4.74 Å². The van der Waals surface area contributed by atoms with Gasteiger partial charge in [-0.05, 0) is 52.4 Å². The molecule has 1 aromatic carbocycles. The van der Waals surface area contributed by atoms with E-state index < -0.39 is 5.54 Å². The molecule has 0 saturated heterocycles. The molecule has 1 unspecified atom stereocenters. The SMILES string of the molecule is CCOc1ccc(C(C)NC(=O)C(C)(C)NC)cc1. The number of hydrogen-bond acceptors (Lipinski definition) is 3. The number of rotatable bonds is 6. The van der Waals surface area contributed by atoms with E-state index in [9.17, 15) is 4.79 Å². The van der Waals surface area contributed by atoms with E-state index in [0.29, 0.717) is 6.61 Å². The summed E-state index contributed by atoms with van der Waals surface area (Å²) in [7, 11) is 1.78. The number of likely N-dealkylation sites (N-methyl/N-ethyl adjacent to an activating group) is 1. The third kappa shape index (κ3) is 4.24. The van der Waals surface area contributed by atoms with Crippen LogP contribution in [0.25, 0.3) is 0 Å². The van der Waals surface area contributed by atoms with Gasteiger partial charge in [0, 0.05) is 0 Å². The van der Waals surface area contributed by atoms with Crippen LogP contribution in [-0.4, -0.2) is 25.1 Å². The first-order chi connectivity index (χ1) is 8.90. The lowest BCUT2D eigenvalue weighted by Gasteiger charge is -2.25. The minimum Gasteiger partial charge on any atom is -0.494 e. The van der Waals surface area contributed by atoms with Crippen LogP contribution in [0.5, 0.6) is 5.75 Å². The second-order valence-corrected chi connectivity index (χ2v) is 5.07. The highest BCUT2D eigenvalue weighted by Crippen LogP contribution is 2.18. The molecule has 4 heteroatoms. The highest BCUT2D eigenvalue weighted by atomic mass is 16.5. The Labute approximate surface area is 115 Å². The van der Waals surface area contributed by atoms with Gasteiger partial charge in [0.25, 0.3) is 0 Å². The normalized spacial score (nSPS) is 12.9. The fourth-order valence-corrected chi connectivity index (χ4v) is 1.59. The van der Waals surface area contributed by atoms with E-state index in [2.05, 4.69) is 10.6 Å². The zero-order valence-electron chi connectivity index (χ0n) is 12.4. The van der Waals surface area contributed by atoms with E-state index in [-0.39, 0.29) is 11.9 Å². The topological polar surface area (TPSA) is 50.4 Å². The Bertz CT molecular complexity index is 413. The molecule has 1 rings (SSSR count). The third-order valence-corrected chi connectivity index (χ3v) is 3.23. The zero-order chi connectivity index (χ0) is 14.5. The molecule has 0 fully saturated rings. The minimum absolute atomic E-state index is 0.0172. The lowest BCUT2D eigenvalue weighted by Crippen LogP contribution is -2.51. The molecule has 0 spiro atoms. The van der Waals surface area contributed by atoms with Gasteiger partial charge in [0.1, 0.15) is 5.75 Å². The van der Waals surface area contributed by atoms with Crippen molar-refractivity contribution < 1.29 is 9.53 Å². The molecule has 0 aromatic heterocycles. The number of carbonyl (C=O) groups excluding carboxylic acids is 1. The number of nitrogens with one attached hydrogen (secondary N) is 2. The smallest absolute Gasteiger partial charge is 0.240 e. The largest absolute Gasteiger partial charge is 0.494 e.